The summed E-state index contributed by atoms with van der Waals surface area (Å²) in [6, 6.07) is 6.44. The standard InChI is InChI=1S/C17H27N3O/c1-4-9-18-14-7-8-16(13(2)11-14)17(21)19-12-15-6-5-10-20(15)3/h7-8,11,15,18H,4-6,9-10,12H2,1-3H3,(H,19,21). The van der Waals surface area contributed by atoms with Crippen LogP contribution in [0.4, 0.5) is 5.69 Å². The number of nitrogens with one attached hydrogen (secondary N) is 2. The molecule has 0 bridgehead atoms. The van der Waals surface area contributed by atoms with E-state index < -0.39 is 0 Å². The summed E-state index contributed by atoms with van der Waals surface area (Å²) in [6.07, 6.45) is 3.50. The van der Waals surface area contributed by atoms with E-state index in [1.807, 2.05) is 25.1 Å². The topological polar surface area (TPSA) is 44.4 Å². The Kier molecular flexibility index (Phi) is 5.62. The van der Waals surface area contributed by atoms with Crippen molar-refractivity contribution in [3.63, 3.8) is 0 Å². The predicted molar refractivity (Wildman–Crippen MR) is 87.9 cm³/mol. The number of benzene rings is 1. The minimum Gasteiger partial charge on any atom is -0.385 e. The van der Waals surface area contributed by atoms with Crippen molar-refractivity contribution in [3.8, 4) is 0 Å². The smallest absolute Gasteiger partial charge is 0.251 e. The van der Waals surface area contributed by atoms with Gasteiger partial charge in [0.1, 0.15) is 0 Å². The van der Waals surface area contributed by atoms with Crippen LogP contribution in [0.2, 0.25) is 0 Å². The molecule has 1 aliphatic rings. The molecule has 0 aliphatic carbocycles. The highest BCUT2D eigenvalue weighted by Gasteiger charge is 2.21. The summed E-state index contributed by atoms with van der Waals surface area (Å²) in [7, 11) is 2.13. The summed E-state index contributed by atoms with van der Waals surface area (Å²) in [4.78, 5) is 14.6. The van der Waals surface area contributed by atoms with Gasteiger partial charge in [-0.05, 0) is 63.5 Å². The number of nitrogens with zero attached hydrogens (tertiary/aromatic N) is 1. The van der Waals surface area contributed by atoms with Gasteiger partial charge in [0.15, 0.2) is 0 Å². The number of anilines is 1. The third kappa shape index (κ3) is 4.21. The number of hydrogen-bond donors (Lipinski definition) is 2. The molecule has 116 valence electrons. The van der Waals surface area contributed by atoms with Crippen molar-refractivity contribution < 1.29 is 4.79 Å². The van der Waals surface area contributed by atoms with Crippen LogP contribution in [0, 0.1) is 6.92 Å². The summed E-state index contributed by atoms with van der Waals surface area (Å²) in [5.41, 5.74) is 2.88. The largest absolute Gasteiger partial charge is 0.385 e. The van der Waals surface area contributed by atoms with Crippen LogP contribution in [0.1, 0.15) is 42.1 Å². The SMILES string of the molecule is CCCNc1ccc(C(=O)NCC2CCCN2C)c(C)c1. The van der Waals surface area contributed by atoms with Gasteiger partial charge < -0.3 is 15.5 Å². The molecule has 1 aromatic rings. The van der Waals surface area contributed by atoms with E-state index in [9.17, 15) is 4.79 Å². The minimum absolute atomic E-state index is 0.0369. The summed E-state index contributed by atoms with van der Waals surface area (Å²) >= 11 is 0. The lowest BCUT2D eigenvalue weighted by atomic mass is 10.1. The molecule has 1 unspecified atom stereocenters. The van der Waals surface area contributed by atoms with Gasteiger partial charge in [0.05, 0.1) is 0 Å². The van der Waals surface area contributed by atoms with E-state index in [2.05, 4.69) is 29.5 Å². The van der Waals surface area contributed by atoms with Gasteiger partial charge in [0, 0.05) is 30.4 Å². The first-order chi connectivity index (χ1) is 10.1. The number of hydrogen-bond acceptors (Lipinski definition) is 3. The fourth-order valence-corrected chi connectivity index (χ4v) is 2.84. The van der Waals surface area contributed by atoms with Crippen molar-refractivity contribution >= 4 is 11.6 Å². The quantitative estimate of drug-likeness (QED) is 0.846. The molecule has 1 saturated heterocycles. The molecule has 2 rings (SSSR count). The number of rotatable bonds is 6. The fourth-order valence-electron chi connectivity index (χ4n) is 2.84. The van der Waals surface area contributed by atoms with Crippen LogP contribution >= 0.6 is 0 Å². The Bertz CT molecular complexity index is 487. The molecular weight excluding hydrogens is 262 g/mol. The molecule has 0 saturated carbocycles. The van der Waals surface area contributed by atoms with Crippen LogP contribution in [0.15, 0.2) is 18.2 Å². The third-order valence-electron chi connectivity index (χ3n) is 4.22. The molecule has 1 atom stereocenters. The van der Waals surface area contributed by atoms with Gasteiger partial charge in [0.2, 0.25) is 0 Å². The summed E-state index contributed by atoms with van der Waals surface area (Å²) < 4.78 is 0. The normalized spacial score (nSPS) is 18.7. The Morgan fingerprint density at radius 1 is 1.43 bits per heavy atom. The average molecular weight is 289 g/mol. The van der Waals surface area contributed by atoms with E-state index in [1.165, 1.54) is 12.8 Å². The average Bonchev–Trinajstić information content (AvgIpc) is 2.88. The first-order valence-electron chi connectivity index (χ1n) is 7.94. The molecular formula is C17H27N3O. The van der Waals surface area contributed by atoms with Crippen LogP contribution in [-0.2, 0) is 0 Å². The van der Waals surface area contributed by atoms with E-state index >= 15 is 0 Å². The highest BCUT2D eigenvalue weighted by Crippen LogP contribution is 2.16. The fraction of sp³-hybridized carbons (Fsp3) is 0.588. The van der Waals surface area contributed by atoms with Gasteiger partial charge in [-0.2, -0.15) is 0 Å². The monoisotopic (exact) mass is 289 g/mol. The lowest BCUT2D eigenvalue weighted by Gasteiger charge is -2.20. The first kappa shape index (κ1) is 15.8. The lowest BCUT2D eigenvalue weighted by Crippen LogP contribution is -2.38. The number of amides is 1. The zero-order chi connectivity index (χ0) is 15.2. The molecule has 4 heteroatoms. The highest BCUT2D eigenvalue weighted by molar-refractivity contribution is 5.96. The minimum atomic E-state index is 0.0369. The second-order valence-corrected chi connectivity index (χ2v) is 5.94. The number of likely N-dealkylation sites (tertiary alicyclic amines) is 1. The molecule has 1 amide bonds. The highest BCUT2D eigenvalue weighted by atomic mass is 16.1. The van der Waals surface area contributed by atoms with Gasteiger partial charge in [-0.15, -0.1) is 0 Å². The van der Waals surface area contributed by atoms with Crippen LogP contribution < -0.4 is 10.6 Å². The molecule has 1 heterocycles. The molecule has 0 aromatic heterocycles. The van der Waals surface area contributed by atoms with Crippen LogP contribution in [0.25, 0.3) is 0 Å². The van der Waals surface area contributed by atoms with E-state index in [-0.39, 0.29) is 5.91 Å². The summed E-state index contributed by atoms with van der Waals surface area (Å²) in [6.45, 7) is 6.97. The zero-order valence-corrected chi connectivity index (χ0v) is 13.4. The van der Waals surface area contributed by atoms with Gasteiger partial charge in [-0.1, -0.05) is 6.92 Å². The number of aryl methyl sites for hydroxylation is 1. The van der Waals surface area contributed by atoms with E-state index in [0.717, 1.165) is 42.9 Å². The number of carbonyl (C=O) groups excluding carboxylic acids is 1. The Balaban J connectivity index is 1.92. The molecule has 0 spiro atoms. The Labute approximate surface area is 127 Å². The van der Waals surface area contributed by atoms with Crippen molar-refractivity contribution in [2.45, 2.75) is 39.2 Å². The lowest BCUT2D eigenvalue weighted by molar-refractivity contribution is 0.0943. The summed E-state index contributed by atoms with van der Waals surface area (Å²) in [5.74, 6) is 0.0369. The molecule has 4 nitrogen and oxygen atoms in total. The number of likely N-dealkylation sites (N-methyl/N-ethyl adjacent to an activating group) is 1. The van der Waals surface area contributed by atoms with E-state index in [4.69, 9.17) is 0 Å². The molecule has 1 fully saturated rings. The Morgan fingerprint density at radius 3 is 2.86 bits per heavy atom. The van der Waals surface area contributed by atoms with E-state index in [0.29, 0.717) is 6.04 Å². The Morgan fingerprint density at radius 2 is 2.24 bits per heavy atom. The molecule has 1 aliphatic heterocycles. The Hall–Kier alpha value is -1.55. The second-order valence-electron chi connectivity index (χ2n) is 5.94. The van der Waals surface area contributed by atoms with Crippen molar-refractivity contribution in [1.29, 1.82) is 0 Å². The maximum Gasteiger partial charge on any atom is 0.251 e. The van der Waals surface area contributed by atoms with Crippen molar-refractivity contribution in [2.75, 3.05) is 32.0 Å². The molecule has 0 radical (unpaired) electrons. The molecule has 2 N–H and O–H groups in total. The van der Waals surface area contributed by atoms with Gasteiger partial charge >= 0.3 is 0 Å². The second kappa shape index (κ2) is 7.46. The maximum atomic E-state index is 12.3. The van der Waals surface area contributed by atoms with Crippen molar-refractivity contribution in [3.05, 3.63) is 29.3 Å². The van der Waals surface area contributed by atoms with Gasteiger partial charge in [-0.3, -0.25) is 4.79 Å². The van der Waals surface area contributed by atoms with Gasteiger partial charge in [0.25, 0.3) is 5.91 Å². The predicted octanol–water partition coefficient (Wildman–Crippen LogP) is 2.64. The third-order valence-corrected chi connectivity index (χ3v) is 4.22. The van der Waals surface area contributed by atoms with E-state index in [1.54, 1.807) is 0 Å². The molecule has 21 heavy (non-hydrogen) atoms. The zero-order valence-electron chi connectivity index (χ0n) is 13.4. The molecule has 1 aromatic carbocycles. The summed E-state index contributed by atoms with van der Waals surface area (Å²) in [5, 5.41) is 6.42. The van der Waals surface area contributed by atoms with Crippen molar-refractivity contribution in [2.24, 2.45) is 0 Å². The first-order valence-corrected chi connectivity index (χ1v) is 7.94. The number of carbonyl (C=O) groups is 1. The van der Waals surface area contributed by atoms with Gasteiger partial charge in [-0.25, -0.2) is 0 Å². The van der Waals surface area contributed by atoms with Crippen LogP contribution in [0.3, 0.4) is 0 Å². The van der Waals surface area contributed by atoms with Crippen LogP contribution in [0.5, 0.6) is 0 Å². The van der Waals surface area contributed by atoms with Crippen molar-refractivity contribution in [1.82, 2.24) is 10.2 Å². The van der Waals surface area contributed by atoms with Crippen LogP contribution in [-0.4, -0.2) is 43.5 Å². The maximum absolute atomic E-state index is 12.3.